The molecule has 1 aliphatic rings. The van der Waals surface area contributed by atoms with Crippen molar-refractivity contribution in [3.63, 3.8) is 0 Å². The summed E-state index contributed by atoms with van der Waals surface area (Å²) in [6, 6.07) is 11.7. The third kappa shape index (κ3) is 3.67. The molecule has 0 saturated carbocycles. The lowest BCUT2D eigenvalue weighted by Crippen LogP contribution is -2.26. The number of sulfonamides is 1. The van der Waals surface area contributed by atoms with Crippen LogP contribution in [0.2, 0.25) is 0 Å². The first kappa shape index (κ1) is 17.4. The van der Waals surface area contributed by atoms with E-state index in [1.54, 1.807) is 41.3 Å². The van der Waals surface area contributed by atoms with E-state index in [4.69, 9.17) is 0 Å². The summed E-state index contributed by atoms with van der Waals surface area (Å²) in [5.41, 5.74) is 2.33. The van der Waals surface area contributed by atoms with Crippen molar-refractivity contribution in [1.29, 1.82) is 0 Å². The molecular weight excluding hydrogens is 340 g/mol. The van der Waals surface area contributed by atoms with Gasteiger partial charge in [0, 0.05) is 25.7 Å². The summed E-state index contributed by atoms with van der Waals surface area (Å²) in [5, 5.41) is 9.72. The van der Waals surface area contributed by atoms with E-state index in [1.807, 2.05) is 0 Å². The molecule has 0 aromatic heterocycles. The topological polar surface area (TPSA) is 86.7 Å². The molecular formula is C18H20N2O4S. The number of phenolic OH excluding ortho intramolecular Hbond substituents is 1. The van der Waals surface area contributed by atoms with E-state index in [9.17, 15) is 18.3 Å². The predicted octanol–water partition coefficient (Wildman–Crippen LogP) is 1.82. The zero-order valence-electron chi connectivity index (χ0n) is 13.9. The van der Waals surface area contributed by atoms with Gasteiger partial charge in [-0.05, 0) is 48.2 Å². The van der Waals surface area contributed by atoms with Crippen LogP contribution in [0.3, 0.4) is 0 Å². The Kier molecular flexibility index (Phi) is 4.78. The van der Waals surface area contributed by atoms with E-state index in [0.717, 1.165) is 11.3 Å². The lowest BCUT2D eigenvalue weighted by atomic mass is 10.1. The molecule has 0 bridgehead atoms. The lowest BCUT2D eigenvalue weighted by Gasteiger charge is -2.15. The molecule has 2 N–H and O–H groups in total. The highest BCUT2D eigenvalue weighted by molar-refractivity contribution is 7.89. The third-order valence-corrected chi connectivity index (χ3v) is 5.77. The van der Waals surface area contributed by atoms with Crippen LogP contribution in [-0.2, 0) is 27.7 Å². The van der Waals surface area contributed by atoms with Crippen molar-refractivity contribution in [3.8, 4) is 5.75 Å². The van der Waals surface area contributed by atoms with Crippen molar-refractivity contribution in [2.75, 3.05) is 18.0 Å². The number of carbonyl (C=O) groups excluding carboxylic acids is 1. The molecule has 25 heavy (non-hydrogen) atoms. The summed E-state index contributed by atoms with van der Waals surface area (Å²) in [7, 11) is -3.64. The Labute approximate surface area is 147 Å². The fourth-order valence-electron chi connectivity index (χ4n) is 3.00. The molecule has 2 aromatic rings. The van der Waals surface area contributed by atoms with Gasteiger partial charge in [0.25, 0.3) is 0 Å². The van der Waals surface area contributed by atoms with Crippen molar-refractivity contribution >= 4 is 21.6 Å². The highest BCUT2D eigenvalue weighted by Gasteiger charge is 2.24. The zero-order chi connectivity index (χ0) is 18.0. The van der Waals surface area contributed by atoms with E-state index >= 15 is 0 Å². The minimum absolute atomic E-state index is 0.0462. The van der Waals surface area contributed by atoms with Gasteiger partial charge in [0.05, 0.1) is 4.90 Å². The highest BCUT2D eigenvalue weighted by atomic mass is 32.2. The Morgan fingerprint density at radius 3 is 2.72 bits per heavy atom. The van der Waals surface area contributed by atoms with Gasteiger partial charge in [-0.25, -0.2) is 13.1 Å². The number of benzene rings is 2. The van der Waals surface area contributed by atoms with E-state index in [-0.39, 0.29) is 23.1 Å². The predicted molar refractivity (Wildman–Crippen MR) is 95.2 cm³/mol. The van der Waals surface area contributed by atoms with Crippen LogP contribution in [0.1, 0.15) is 18.1 Å². The molecule has 1 aliphatic heterocycles. The molecule has 0 fully saturated rings. The van der Waals surface area contributed by atoms with Crippen LogP contribution in [-0.4, -0.2) is 32.5 Å². The quantitative estimate of drug-likeness (QED) is 0.852. The van der Waals surface area contributed by atoms with Gasteiger partial charge in [0.15, 0.2) is 0 Å². The maximum absolute atomic E-state index is 12.5. The van der Waals surface area contributed by atoms with Gasteiger partial charge in [-0.3, -0.25) is 4.79 Å². The largest absolute Gasteiger partial charge is 0.508 e. The van der Waals surface area contributed by atoms with Crippen LogP contribution in [0.4, 0.5) is 5.69 Å². The number of rotatable bonds is 5. The van der Waals surface area contributed by atoms with Gasteiger partial charge < -0.3 is 10.0 Å². The van der Waals surface area contributed by atoms with Crippen LogP contribution in [0, 0.1) is 0 Å². The Morgan fingerprint density at radius 2 is 2.00 bits per heavy atom. The average molecular weight is 360 g/mol. The van der Waals surface area contributed by atoms with Crippen LogP contribution in [0.25, 0.3) is 0 Å². The Morgan fingerprint density at radius 1 is 1.24 bits per heavy atom. The standard InChI is InChI=1S/C18H20N2O4S/c1-13(21)20-11-9-15-12-16(6-7-17(15)20)25(23,24)19-10-8-14-4-2-3-5-18(14)22/h2-7,12,19,22H,8-11H2,1H3. The molecule has 1 amide bonds. The van der Waals surface area contributed by atoms with Crippen LogP contribution in [0.5, 0.6) is 5.75 Å². The summed E-state index contributed by atoms with van der Waals surface area (Å²) in [4.78, 5) is 13.4. The maximum atomic E-state index is 12.5. The van der Waals surface area contributed by atoms with E-state index < -0.39 is 10.0 Å². The second-order valence-corrected chi connectivity index (χ2v) is 7.75. The van der Waals surface area contributed by atoms with Gasteiger partial charge in [0.1, 0.15) is 5.75 Å². The fraction of sp³-hybridized carbons (Fsp3) is 0.278. The number of fused-ring (bicyclic) bond motifs is 1. The first-order valence-corrected chi connectivity index (χ1v) is 9.54. The molecule has 0 radical (unpaired) electrons. The van der Waals surface area contributed by atoms with Gasteiger partial charge in [-0.15, -0.1) is 0 Å². The van der Waals surface area contributed by atoms with Crippen molar-refractivity contribution in [1.82, 2.24) is 4.72 Å². The first-order chi connectivity index (χ1) is 11.9. The second kappa shape index (κ2) is 6.85. The molecule has 3 rings (SSSR count). The minimum atomic E-state index is -3.64. The summed E-state index contributed by atoms with van der Waals surface area (Å²) in [6.07, 6.45) is 1.05. The summed E-state index contributed by atoms with van der Waals surface area (Å²) in [5.74, 6) is 0.110. The van der Waals surface area contributed by atoms with Gasteiger partial charge in [-0.2, -0.15) is 0 Å². The van der Waals surface area contributed by atoms with Crippen molar-refractivity contribution < 1.29 is 18.3 Å². The Bertz CT molecular complexity index is 909. The molecule has 0 unspecified atom stereocenters. The minimum Gasteiger partial charge on any atom is -0.508 e. The van der Waals surface area contributed by atoms with Crippen molar-refractivity contribution in [2.45, 2.75) is 24.7 Å². The number of nitrogens with zero attached hydrogens (tertiary/aromatic N) is 1. The molecule has 0 aliphatic carbocycles. The van der Waals surface area contributed by atoms with E-state index in [2.05, 4.69) is 4.72 Å². The van der Waals surface area contributed by atoms with Gasteiger partial charge in [0.2, 0.25) is 15.9 Å². The highest BCUT2D eigenvalue weighted by Crippen LogP contribution is 2.30. The van der Waals surface area contributed by atoms with Crippen molar-refractivity contribution in [2.24, 2.45) is 0 Å². The zero-order valence-corrected chi connectivity index (χ0v) is 14.7. The lowest BCUT2D eigenvalue weighted by molar-refractivity contribution is -0.116. The number of anilines is 1. The molecule has 0 spiro atoms. The van der Waals surface area contributed by atoms with Crippen LogP contribution in [0.15, 0.2) is 47.4 Å². The number of phenols is 1. The van der Waals surface area contributed by atoms with Crippen LogP contribution < -0.4 is 9.62 Å². The molecule has 6 nitrogen and oxygen atoms in total. The first-order valence-electron chi connectivity index (χ1n) is 8.06. The second-order valence-electron chi connectivity index (χ2n) is 5.99. The van der Waals surface area contributed by atoms with Gasteiger partial charge in [-0.1, -0.05) is 18.2 Å². The average Bonchev–Trinajstić information content (AvgIpc) is 3.00. The third-order valence-electron chi connectivity index (χ3n) is 4.31. The Balaban J connectivity index is 1.71. The molecule has 132 valence electrons. The number of aromatic hydroxyl groups is 1. The number of nitrogens with one attached hydrogen (secondary N) is 1. The molecule has 2 aromatic carbocycles. The van der Waals surface area contributed by atoms with Crippen molar-refractivity contribution in [3.05, 3.63) is 53.6 Å². The van der Waals surface area contributed by atoms with Gasteiger partial charge >= 0.3 is 0 Å². The fourth-order valence-corrected chi connectivity index (χ4v) is 4.08. The maximum Gasteiger partial charge on any atom is 0.240 e. The number of hydrogen-bond donors (Lipinski definition) is 2. The van der Waals surface area contributed by atoms with E-state index in [1.165, 1.54) is 13.0 Å². The number of hydrogen-bond acceptors (Lipinski definition) is 4. The Hall–Kier alpha value is -2.38. The number of para-hydroxylation sites is 1. The summed E-state index contributed by atoms with van der Waals surface area (Å²) in [6.45, 7) is 2.27. The smallest absolute Gasteiger partial charge is 0.240 e. The van der Waals surface area contributed by atoms with Crippen LogP contribution >= 0.6 is 0 Å². The molecule has 1 heterocycles. The number of amides is 1. The monoisotopic (exact) mass is 360 g/mol. The SMILES string of the molecule is CC(=O)N1CCc2cc(S(=O)(=O)NCCc3ccccc3O)ccc21. The number of carbonyl (C=O) groups is 1. The molecule has 0 saturated heterocycles. The molecule has 0 atom stereocenters. The summed E-state index contributed by atoms with van der Waals surface area (Å²) >= 11 is 0. The molecule has 7 heteroatoms. The normalized spacial score (nSPS) is 13.7. The van der Waals surface area contributed by atoms with E-state index in [0.29, 0.717) is 24.9 Å². The summed E-state index contributed by atoms with van der Waals surface area (Å²) < 4.78 is 27.5.